The Morgan fingerprint density at radius 1 is 1.07 bits per heavy atom. The van der Waals surface area contributed by atoms with Gasteiger partial charge in [0.05, 0.1) is 10.5 Å². The number of aromatic nitrogens is 1. The number of pyridine rings is 1. The van der Waals surface area contributed by atoms with Crippen molar-refractivity contribution in [2.24, 2.45) is 0 Å². The summed E-state index contributed by atoms with van der Waals surface area (Å²) in [4.78, 5) is 4.53. The minimum atomic E-state index is 0.701. The number of aryl methyl sites for hydroxylation is 2. The van der Waals surface area contributed by atoms with Gasteiger partial charge in [-0.25, -0.2) is 0 Å². The van der Waals surface area contributed by atoms with Gasteiger partial charge in [0.15, 0.2) is 0 Å². The molecule has 0 saturated carbocycles. The van der Waals surface area contributed by atoms with Crippen LogP contribution in [0.15, 0.2) is 12.1 Å². The fraction of sp³-hybridized carbons (Fsp3) is 0.250. The van der Waals surface area contributed by atoms with Crippen molar-refractivity contribution in [2.45, 2.75) is 20.8 Å². The fourth-order valence-electron chi connectivity index (χ4n) is 1.66. The lowest BCUT2D eigenvalue weighted by Gasteiger charge is -2.09. The number of benzene rings is 1. The first-order valence-corrected chi connectivity index (χ1v) is 5.49. The van der Waals surface area contributed by atoms with E-state index in [1.807, 2.05) is 32.9 Å². The SMILES string of the molecule is Cc1nc2c(C)cc(Cl)cc2c(Cl)c1C. The van der Waals surface area contributed by atoms with Crippen LogP contribution < -0.4 is 0 Å². The predicted octanol–water partition coefficient (Wildman–Crippen LogP) is 4.47. The molecule has 0 aliphatic rings. The molecule has 0 atom stereocenters. The highest BCUT2D eigenvalue weighted by Crippen LogP contribution is 2.31. The van der Waals surface area contributed by atoms with Gasteiger partial charge in [-0.3, -0.25) is 4.98 Å². The van der Waals surface area contributed by atoms with Crippen molar-refractivity contribution in [1.29, 1.82) is 0 Å². The van der Waals surface area contributed by atoms with E-state index in [4.69, 9.17) is 23.2 Å². The zero-order chi connectivity index (χ0) is 11.2. The summed E-state index contributed by atoms with van der Waals surface area (Å²) >= 11 is 12.3. The molecule has 0 aliphatic heterocycles. The van der Waals surface area contributed by atoms with Gasteiger partial charge in [0.2, 0.25) is 0 Å². The molecule has 1 aromatic carbocycles. The molecule has 0 aliphatic carbocycles. The molecule has 0 saturated heterocycles. The topological polar surface area (TPSA) is 12.9 Å². The first-order valence-electron chi connectivity index (χ1n) is 4.73. The Morgan fingerprint density at radius 3 is 2.40 bits per heavy atom. The van der Waals surface area contributed by atoms with E-state index >= 15 is 0 Å². The molecule has 0 N–H and O–H groups in total. The van der Waals surface area contributed by atoms with Crippen LogP contribution in [-0.4, -0.2) is 4.98 Å². The number of hydrogen-bond donors (Lipinski definition) is 0. The first-order chi connectivity index (χ1) is 7.00. The second-order valence-electron chi connectivity index (χ2n) is 3.76. The van der Waals surface area contributed by atoms with Gasteiger partial charge in [-0.2, -0.15) is 0 Å². The Hall–Kier alpha value is -0.790. The number of fused-ring (bicyclic) bond motifs is 1. The van der Waals surface area contributed by atoms with Crippen LogP contribution in [0.1, 0.15) is 16.8 Å². The van der Waals surface area contributed by atoms with Crippen LogP contribution in [0.25, 0.3) is 10.9 Å². The molecule has 0 amide bonds. The largest absolute Gasteiger partial charge is 0.252 e. The molecule has 2 rings (SSSR count). The summed E-state index contributed by atoms with van der Waals surface area (Å²) in [6, 6.07) is 3.77. The number of halogens is 2. The molecular weight excluding hydrogens is 229 g/mol. The first kappa shape index (κ1) is 10.7. The molecule has 78 valence electrons. The van der Waals surface area contributed by atoms with Gasteiger partial charge in [0.1, 0.15) is 0 Å². The summed E-state index contributed by atoms with van der Waals surface area (Å²) in [5, 5.41) is 2.39. The van der Waals surface area contributed by atoms with Crippen molar-refractivity contribution in [3.8, 4) is 0 Å². The summed E-state index contributed by atoms with van der Waals surface area (Å²) in [6.07, 6.45) is 0. The second-order valence-corrected chi connectivity index (χ2v) is 4.57. The molecule has 3 heteroatoms. The molecule has 2 aromatic rings. The van der Waals surface area contributed by atoms with Crippen molar-refractivity contribution in [2.75, 3.05) is 0 Å². The lowest BCUT2D eigenvalue weighted by Crippen LogP contribution is -1.92. The minimum Gasteiger partial charge on any atom is -0.252 e. The molecule has 1 nitrogen and oxygen atoms in total. The van der Waals surface area contributed by atoms with Crippen LogP contribution in [0, 0.1) is 20.8 Å². The van der Waals surface area contributed by atoms with E-state index in [1.54, 1.807) is 0 Å². The predicted molar refractivity (Wildman–Crippen MR) is 66.0 cm³/mol. The van der Waals surface area contributed by atoms with E-state index in [1.165, 1.54) is 0 Å². The van der Waals surface area contributed by atoms with Gasteiger partial charge < -0.3 is 0 Å². The molecule has 15 heavy (non-hydrogen) atoms. The number of rotatable bonds is 0. The Labute approximate surface area is 99.0 Å². The van der Waals surface area contributed by atoms with E-state index in [-0.39, 0.29) is 0 Å². The third kappa shape index (κ3) is 1.70. The third-order valence-corrected chi connectivity index (χ3v) is 3.36. The maximum atomic E-state index is 6.28. The van der Waals surface area contributed by atoms with E-state index in [2.05, 4.69) is 4.98 Å². The van der Waals surface area contributed by atoms with E-state index in [9.17, 15) is 0 Å². The van der Waals surface area contributed by atoms with Gasteiger partial charge in [-0.05, 0) is 44.0 Å². The Bertz CT molecular complexity index is 547. The monoisotopic (exact) mass is 239 g/mol. The molecule has 1 aromatic heterocycles. The quantitative estimate of drug-likeness (QED) is 0.662. The van der Waals surface area contributed by atoms with Gasteiger partial charge >= 0.3 is 0 Å². The standard InChI is InChI=1S/C12H11Cl2N/c1-6-4-9(13)5-10-11(14)7(2)8(3)15-12(6)10/h4-5H,1-3H3. The van der Waals surface area contributed by atoms with Crippen LogP contribution in [0.5, 0.6) is 0 Å². The Balaban J connectivity index is 2.98. The highest BCUT2D eigenvalue weighted by atomic mass is 35.5. The summed E-state index contributed by atoms with van der Waals surface area (Å²) in [7, 11) is 0. The lowest BCUT2D eigenvalue weighted by atomic mass is 10.1. The van der Waals surface area contributed by atoms with Crippen molar-refractivity contribution in [3.63, 3.8) is 0 Å². The lowest BCUT2D eigenvalue weighted by molar-refractivity contribution is 1.19. The molecule has 0 bridgehead atoms. The van der Waals surface area contributed by atoms with E-state index < -0.39 is 0 Å². The summed E-state index contributed by atoms with van der Waals surface area (Å²) < 4.78 is 0. The average molecular weight is 240 g/mol. The number of nitrogens with zero attached hydrogens (tertiary/aromatic N) is 1. The summed E-state index contributed by atoms with van der Waals surface area (Å²) in [6.45, 7) is 5.93. The highest BCUT2D eigenvalue weighted by Gasteiger charge is 2.09. The van der Waals surface area contributed by atoms with Crippen molar-refractivity contribution in [1.82, 2.24) is 4.98 Å². The third-order valence-electron chi connectivity index (χ3n) is 2.65. The van der Waals surface area contributed by atoms with Crippen LogP contribution >= 0.6 is 23.2 Å². The maximum absolute atomic E-state index is 6.28. The Kier molecular flexibility index (Phi) is 2.61. The van der Waals surface area contributed by atoms with Crippen LogP contribution in [0.4, 0.5) is 0 Å². The average Bonchev–Trinajstić information content (AvgIpc) is 2.17. The molecule has 0 radical (unpaired) electrons. The fourth-order valence-corrected chi connectivity index (χ4v) is 2.22. The van der Waals surface area contributed by atoms with Gasteiger partial charge in [0, 0.05) is 16.1 Å². The van der Waals surface area contributed by atoms with Gasteiger partial charge in [-0.15, -0.1) is 0 Å². The molecule has 0 spiro atoms. The minimum absolute atomic E-state index is 0.701. The summed E-state index contributed by atoms with van der Waals surface area (Å²) in [5.41, 5.74) is 3.98. The maximum Gasteiger partial charge on any atom is 0.0750 e. The van der Waals surface area contributed by atoms with E-state index in [0.717, 1.165) is 32.7 Å². The Morgan fingerprint density at radius 2 is 1.73 bits per heavy atom. The van der Waals surface area contributed by atoms with Crippen molar-refractivity contribution >= 4 is 34.1 Å². The van der Waals surface area contributed by atoms with Crippen molar-refractivity contribution < 1.29 is 0 Å². The summed E-state index contributed by atoms with van der Waals surface area (Å²) in [5.74, 6) is 0. The highest BCUT2D eigenvalue weighted by molar-refractivity contribution is 6.37. The molecule has 0 fully saturated rings. The molecule has 0 unspecified atom stereocenters. The smallest absolute Gasteiger partial charge is 0.0750 e. The normalized spacial score (nSPS) is 11.0. The second kappa shape index (κ2) is 3.66. The van der Waals surface area contributed by atoms with Crippen LogP contribution in [0.3, 0.4) is 0 Å². The van der Waals surface area contributed by atoms with Gasteiger partial charge in [-0.1, -0.05) is 23.2 Å². The van der Waals surface area contributed by atoms with Crippen molar-refractivity contribution in [3.05, 3.63) is 39.0 Å². The molecular formula is C12H11Cl2N. The van der Waals surface area contributed by atoms with E-state index in [0.29, 0.717) is 5.02 Å². The number of hydrogen-bond acceptors (Lipinski definition) is 1. The van der Waals surface area contributed by atoms with Crippen LogP contribution in [-0.2, 0) is 0 Å². The zero-order valence-electron chi connectivity index (χ0n) is 8.86. The van der Waals surface area contributed by atoms with Gasteiger partial charge in [0.25, 0.3) is 0 Å². The van der Waals surface area contributed by atoms with Crippen LogP contribution in [0.2, 0.25) is 10.0 Å². The molecule has 1 heterocycles. The zero-order valence-corrected chi connectivity index (χ0v) is 10.4.